The van der Waals surface area contributed by atoms with Crippen LogP contribution >= 0.6 is 39.9 Å². The lowest BCUT2D eigenvalue weighted by Gasteiger charge is -2.12. The van der Waals surface area contributed by atoms with Gasteiger partial charge < -0.3 is 25.4 Å². The fourth-order valence-corrected chi connectivity index (χ4v) is 2.78. The van der Waals surface area contributed by atoms with E-state index in [9.17, 15) is 4.79 Å². The number of fused-ring (bicyclic) bond motifs is 1. The first kappa shape index (κ1) is 22.3. The minimum Gasteiger partial charge on any atom is -0.454 e. The average Bonchev–Trinajstić information content (AvgIpc) is 3.15. The third-order valence-electron chi connectivity index (χ3n) is 3.93. The van der Waals surface area contributed by atoms with Crippen molar-refractivity contribution in [3.05, 3.63) is 58.1 Å². The molecule has 1 aliphatic heterocycles. The first-order valence-corrected chi connectivity index (χ1v) is 9.32. The van der Waals surface area contributed by atoms with Gasteiger partial charge >= 0.3 is 0 Å². The Bertz CT molecular complexity index is 830. The van der Waals surface area contributed by atoms with Crippen LogP contribution in [0.25, 0.3) is 0 Å². The number of benzene rings is 2. The second-order valence-corrected chi connectivity index (χ2v) is 6.72. The fourth-order valence-electron chi connectivity index (χ4n) is 2.52. The van der Waals surface area contributed by atoms with Crippen molar-refractivity contribution in [1.82, 2.24) is 16.0 Å². The van der Waals surface area contributed by atoms with Crippen LogP contribution in [-0.4, -0.2) is 38.8 Å². The van der Waals surface area contributed by atoms with Gasteiger partial charge in [-0.3, -0.25) is 9.79 Å². The van der Waals surface area contributed by atoms with E-state index < -0.39 is 0 Å². The van der Waals surface area contributed by atoms with Crippen LogP contribution in [0.1, 0.15) is 15.9 Å². The van der Waals surface area contributed by atoms with Crippen LogP contribution in [-0.2, 0) is 6.54 Å². The summed E-state index contributed by atoms with van der Waals surface area (Å²) in [7, 11) is 1.70. The van der Waals surface area contributed by atoms with E-state index in [0.717, 1.165) is 21.5 Å². The summed E-state index contributed by atoms with van der Waals surface area (Å²) in [5.74, 6) is 2.08. The highest BCUT2D eigenvalue weighted by molar-refractivity contribution is 14.0. The minimum absolute atomic E-state index is 0. The molecule has 7 nitrogen and oxygen atoms in total. The number of aliphatic imine (C=N–C) groups is 1. The Morgan fingerprint density at radius 1 is 1.04 bits per heavy atom. The molecular weight excluding hydrogens is 539 g/mol. The average molecular weight is 561 g/mol. The maximum absolute atomic E-state index is 12.1. The predicted molar refractivity (Wildman–Crippen MR) is 123 cm³/mol. The summed E-state index contributed by atoms with van der Waals surface area (Å²) < 4.78 is 11.6. The molecule has 150 valence electrons. The van der Waals surface area contributed by atoms with Crippen LogP contribution in [0, 0.1) is 0 Å². The molecule has 1 heterocycles. The normalized spacial score (nSPS) is 12.1. The molecule has 0 atom stereocenters. The smallest absolute Gasteiger partial charge is 0.251 e. The van der Waals surface area contributed by atoms with Gasteiger partial charge in [0.15, 0.2) is 17.5 Å². The molecule has 28 heavy (non-hydrogen) atoms. The van der Waals surface area contributed by atoms with Gasteiger partial charge in [0.1, 0.15) is 0 Å². The molecule has 0 fully saturated rings. The van der Waals surface area contributed by atoms with Gasteiger partial charge in [0, 0.05) is 36.7 Å². The van der Waals surface area contributed by atoms with E-state index >= 15 is 0 Å². The van der Waals surface area contributed by atoms with Gasteiger partial charge in [0.05, 0.1) is 0 Å². The van der Waals surface area contributed by atoms with Crippen LogP contribution in [0.2, 0.25) is 0 Å². The highest BCUT2D eigenvalue weighted by Gasteiger charge is 2.13. The summed E-state index contributed by atoms with van der Waals surface area (Å²) in [4.78, 5) is 16.2. The highest BCUT2D eigenvalue weighted by Crippen LogP contribution is 2.32. The molecule has 0 unspecified atom stereocenters. The topological polar surface area (TPSA) is 84.0 Å². The summed E-state index contributed by atoms with van der Waals surface area (Å²) in [5.41, 5.74) is 1.69. The van der Waals surface area contributed by atoms with Crippen molar-refractivity contribution < 1.29 is 14.3 Å². The maximum Gasteiger partial charge on any atom is 0.251 e. The Kier molecular flexibility index (Phi) is 8.84. The van der Waals surface area contributed by atoms with Crippen LogP contribution in [0.15, 0.2) is 51.9 Å². The predicted octanol–water partition coefficient (Wildman–Crippen LogP) is 2.89. The molecule has 1 amide bonds. The first-order chi connectivity index (χ1) is 13.2. The summed E-state index contributed by atoms with van der Waals surface area (Å²) in [6, 6.07) is 13.1. The lowest BCUT2D eigenvalue weighted by molar-refractivity contribution is 0.0954. The zero-order chi connectivity index (χ0) is 19.1. The third kappa shape index (κ3) is 6.26. The second kappa shape index (κ2) is 11.1. The molecular formula is C19H22BrIN4O3. The molecule has 1 aliphatic rings. The standard InChI is InChI=1S/C19H21BrN4O3.HI/c1-21-19(24-11-13-2-7-16-17(10-13)27-12-26-16)23-9-8-22-18(25)14-3-5-15(20)6-4-14;/h2-7,10H,8-9,11-12H2,1H3,(H,22,25)(H2,21,23,24);1H. The number of halogens is 2. The molecule has 0 saturated carbocycles. The van der Waals surface area contributed by atoms with E-state index in [2.05, 4.69) is 36.9 Å². The molecule has 0 bridgehead atoms. The summed E-state index contributed by atoms with van der Waals surface area (Å²) >= 11 is 3.35. The number of hydrogen-bond acceptors (Lipinski definition) is 4. The van der Waals surface area contributed by atoms with Crippen molar-refractivity contribution in [3.8, 4) is 11.5 Å². The Morgan fingerprint density at radius 2 is 1.75 bits per heavy atom. The number of nitrogens with one attached hydrogen (secondary N) is 3. The number of nitrogens with zero attached hydrogens (tertiary/aromatic N) is 1. The van der Waals surface area contributed by atoms with E-state index in [1.54, 1.807) is 19.2 Å². The highest BCUT2D eigenvalue weighted by atomic mass is 127. The van der Waals surface area contributed by atoms with Crippen molar-refractivity contribution in [2.75, 3.05) is 26.9 Å². The van der Waals surface area contributed by atoms with Crippen molar-refractivity contribution in [2.45, 2.75) is 6.54 Å². The number of rotatable bonds is 6. The van der Waals surface area contributed by atoms with E-state index in [-0.39, 0.29) is 36.7 Å². The number of carbonyl (C=O) groups excluding carboxylic acids is 1. The van der Waals surface area contributed by atoms with Gasteiger partial charge in [-0.05, 0) is 42.0 Å². The van der Waals surface area contributed by atoms with E-state index in [0.29, 0.717) is 31.2 Å². The summed E-state index contributed by atoms with van der Waals surface area (Å²) in [6.07, 6.45) is 0. The lowest BCUT2D eigenvalue weighted by atomic mass is 10.2. The minimum atomic E-state index is -0.104. The first-order valence-electron chi connectivity index (χ1n) is 8.52. The largest absolute Gasteiger partial charge is 0.454 e. The van der Waals surface area contributed by atoms with Crippen LogP contribution in [0.5, 0.6) is 11.5 Å². The van der Waals surface area contributed by atoms with Crippen molar-refractivity contribution in [2.24, 2.45) is 4.99 Å². The Labute approximate surface area is 189 Å². The quantitative estimate of drug-likeness (QED) is 0.219. The van der Waals surface area contributed by atoms with Crippen LogP contribution in [0.4, 0.5) is 0 Å². The maximum atomic E-state index is 12.1. The molecule has 0 radical (unpaired) electrons. The van der Waals surface area contributed by atoms with Crippen LogP contribution < -0.4 is 25.4 Å². The van der Waals surface area contributed by atoms with Gasteiger partial charge in [-0.15, -0.1) is 24.0 Å². The van der Waals surface area contributed by atoms with Crippen molar-refractivity contribution in [1.29, 1.82) is 0 Å². The molecule has 3 rings (SSSR count). The Balaban J connectivity index is 0.00000280. The molecule has 2 aromatic rings. The van der Waals surface area contributed by atoms with E-state index in [4.69, 9.17) is 9.47 Å². The van der Waals surface area contributed by atoms with Crippen molar-refractivity contribution in [3.63, 3.8) is 0 Å². The molecule has 3 N–H and O–H groups in total. The molecule has 0 aliphatic carbocycles. The molecule has 9 heteroatoms. The monoisotopic (exact) mass is 560 g/mol. The van der Waals surface area contributed by atoms with Crippen molar-refractivity contribution >= 4 is 51.8 Å². The zero-order valence-electron chi connectivity index (χ0n) is 15.3. The van der Waals surface area contributed by atoms with E-state index in [1.807, 2.05) is 30.3 Å². The fraction of sp³-hybridized carbons (Fsp3) is 0.263. The SMILES string of the molecule is CN=C(NCCNC(=O)c1ccc(Br)cc1)NCc1ccc2c(c1)OCO2.I. The second-order valence-electron chi connectivity index (χ2n) is 5.80. The number of ether oxygens (including phenoxy) is 2. The van der Waals surface area contributed by atoms with Gasteiger partial charge in [-0.1, -0.05) is 22.0 Å². The van der Waals surface area contributed by atoms with Gasteiger partial charge in [0.25, 0.3) is 5.91 Å². The number of carbonyl (C=O) groups is 1. The summed E-state index contributed by atoms with van der Waals surface area (Å²) in [6.45, 7) is 1.91. The van der Waals surface area contributed by atoms with Gasteiger partial charge in [-0.2, -0.15) is 0 Å². The van der Waals surface area contributed by atoms with Gasteiger partial charge in [0.2, 0.25) is 6.79 Å². The number of hydrogen-bond donors (Lipinski definition) is 3. The zero-order valence-corrected chi connectivity index (χ0v) is 19.2. The molecule has 2 aromatic carbocycles. The molecule has 0 saturated heterocycles. The lowest BCUT2D eigenvalue weighted by Crippen LogP contribution is -2.41. The number of guanidine groups is 1. The molecule has 0 aromatic heterocycles. The van der Waals surface area contributed by atoms with Gasteiger partial charge in [-0.25, -0.2) is 0 Å². The Morgan fingerprint density at radius 3 is 2.50 bits per heavy atom. The Hall–Kier alpha value is -2.01. The molecule has 0 spiro atoms. The third-order valence-corrected chi connectivity index (χ3v) is 4.46. The van der Waals surface area contributed by atoms with E-state index in [1.165, 1.54) is 0 Å². The number of amides is 1. The summed E-state index contributed by atoms with van der Waals surface area (Å²) in [5, 5.41) is 9.27. The van der Waals surface area contributed by atoms with Crippen LogP contribution in [0.3, 0.4) is 0 Å².